The van der Waals surface area contributed by atoms with Crippen molar-refractivity contribution in [3.8, 4) is 0 Å². The first-order valence-electron chi connectivity index (χ1n) is 4.98. The van der Waals surface area contributed by atoms with Gasteiger partial charge in [-0.2, -0.15) is 0 Å². The normalized spacial score (nSPS) is 23.3. The summed E-state index contributed by atoms with van der Waals surface area (Å²) in [6.45, 7) is 4.22. The van der Waals surface area contributed by atoms with E-state index in [1.54, 1.807) is 18.4 Å². The van der Waals surface area contributed by atoms with Crippen LogP contribution in [0.3, 0.4) is 0 Å². The highest BCUT2D eigenvalue weighted by molar-refractivity contribution is 6.00. The summed E-state index contributed by atoms with van der Waals surface area (Å²) in [5, 5.41) is 0. The number of ether oxygens (including phenoxy) is 1. The van der Waals surface area contributed by atoms with Gasteiger partial charge in [0.25, 0.3) is 0 Å². The van der Waals surface area contributed by atoms with Crippen molar-refractivity contribution in [3.05, 3.63) is 29.7 Å². The average molecular weight is 206 g/mol. The first-order chi connectivity index (χ1) is 7.07. The van der Waals surface area contributed by atoms with E-state index in [1.165, 1.54) is 0 Å². The highest BCUT2D eigenvalue weighted by atomic mass is 16.5. The van der Waals surface area contributed by atoms with Crippen LogP contribution in [-0.2, 0) is 9.53 Å². The molecule has 0 aromatic carbocycles. The molecule has 1 aromatic heterocycles. The third-order valence-electron chi connectivity index (χ3n) is 2.42. The maximum atomic E-state index is 11.7. The van der Waals surface area contributed by atoms with Crippen LogP contribution in [0.2, 0.25) is 0 Å². The highest BCUT2D eigenvalue weighted by Crippen LogP contribution is 2.25. The van der Waals surface area contributed by atoms with Crippen molar-refractivity contribution in [3.63, 3.8) is 0 Å². The smallest absolute Gasteiger partial charge is 0.164 e. The second kappa shape index (κ2) is 3.66. The molecule has 0 amide bonds. The maximum Gasteiger partial charge on any atom is 0.164 e. The lowest BCUT2D eigenvalue weighted by molar-refractivity contribution is -0.127. The van der Waals surface area contributed by atoms with Crippen LogP contribution in [0, 0.1) is 0 Å². The first kappa shape index (κ1) is 10.2. The Labute approximate surface area is 88.7 Å². The average Bonchev–Trinajstić information content (AvgIpc) is 2.61. The van der Waals surface area contributed by atoms with Crippen LogP contribution in [0.4, 0.5) is 0 Å². The zero-order chi connectivity index (χ0) is 10.9. The Morgan fingerprint density at radius 1 is 1.47 bits per heavy atom. The van der Waals surface area contributed by atoms with Gasteiger partial charge in [0, 0.05) is 12.0 Å². The van der Waals surface area contributed by atoms with Gasteiger partial charge in [0.2, 0.25) is 0 Å². The minimum Gasteiger partial charge on any atom is -0.465 e. The lowest BCUT2D eigenvalue weighted by Crippen LogP contribution is -2.35. The van der Waals surface area contributed by atoms with Gasteiger partial charge in [-0.15, -0.1) is 0 Å². The zero-order valence-corrected chi connectivity index (χ0v) is 8.95. The Kier molecular flexibility index (Phi) is 2.49. The number of rotatable bonds is 1. The number of carbonyl (C=O) groups is 1. The van der Waals surface area contributed by atoms with Crippen molar-refractivity contribution in [2.75, 3.05) is 6.61 Å². The molecule has 3 heteroatoms. The van der Waals surface area contributed by atoms with Crippen molar-refractivity contribution >= 4 is 11.9 Å². The number of furan rings is 1. The summed E-state index contributed by atoms with van der Waals surface area (Å²) in [5.41, 5.74) is 0.349. The fourth-order valence-corrected chi connectivity index (χ4v) is 1.57. The van der Waals surface area contributed by atoms with E-state index in [-0.39, 0.29) is 11.4 Å². The lowest BCUT2D eigenvalue weighted by atomic mass is 9.94. The van der Waals surface area contributed by atoms with Crippen LogP contribution in [0.15, 0.2) is 28.4 Å². The predicted molar refractivity (Wildman–Crippen MR) is 56.3 cm³/mol. The number of carbonyl (C=O) groups excluding carboxylic acids is 1. The molecule has 1 aromatic rings. The molecule has 2 heterocycles. The predicted octanol–water partition coefficient (Wildman–Crippen LogP) is 2.43. The lowest BCUT2D eigenvalue weighted by Gasteiger charge is -2.30. The van der Waals surface area contributed by atoms with E-state index in [0.29, 0.717) is 24.4 Å². The fraction of sp³-hybridized carbons (Fsp3) is 0.417. The van der Waals surface area contributed by atoms with Gasteiger partial charge in [-0.3, -0.25) is 4.79 Å². The van der Waals surface area contributed by atoms with E-state index in [2.05, 4.69) is 0 Å². The molecule has 0 spiro atoms. The molecule has 1 saturated heterocycles. The van der Waals surface area contributed by atoms with E-state index in [1.807, 2.05) is 19.9 Å². The standard InChI is InChI=1S/C12H14O3/c1-12(2)7-11(13)9(8-15-12)6-10-4-3-5-14-10/h3-6H,7-8H2,1-2H3/b9-6+. The number of hydrogen-bond donors (Lipinski definition) is 0. The van der Waals surface area contributed by atoms with Gasteiger partial charge >= 0.3 is 0 Å². The summed E-state index contributed by atoms with van der Waals surface area (Å²) in [6, 6.07) is 3.62. The topological polar surface area (TPSA) is 39.4 Å². The summed E-state index contributed by atoms with van der Waals surface area (Å²) in [6.07, 6.45) is 3.77. The van der Waals surface area contributed by atoms with Crippen LogP contribution < -0.4 is 0 Å². The van der Waals surface area contributed by atoms with Gasteiger partial charge in [-0.25, -0.2) is 0 Å². The van der Waals surface area contributed by atoms with E-state index < -0.39 is 0 Å². The van der Waals surface area contributed by atoms with Crippen molar-refractivity contribution in [1.82, 2.24) is 0 Å². The molecule has 0 aliphatic carbocycles. The van der Waals surface area contributed by atoms with Gasteiger partial charge < -0.3 is 9.15 Å². The number of hydrogen-bond acceptors (Lipinski definition) is 3. The molecule has 1 fully saturated rings. The van der Waals surface area contributed by atoms with Gasteiger partial charge in [0.15, 0.2) is 5.78 Å². The highest BCUT2D eigenvalue weighted by Gasteiger charge is 2.30. The zero-order valence-electron chi connectivity index (χ0n) is 8.95. The monoisotopic (exact) mass is 206 g/mol. The van der Waals surface area contributed by atoms with E-state index >= 15 is 0 Å². The number of Topliss-reactive ketones (excluding diaryl/α,β-unsaturated/α-hetero) is 1. The molecule has 80 valence electrons. The number of ketones is 1. The molecule has 0 saturated carbocycles. The second-order valence-corrected chi connectivity index (χ2v) is 4.33. The van der Waals surface area contributed by atoms with Crippen LogP contribution >= 0.6 is 0 Å². The summed E-state index contributed by atoms with van der Waals surface area (Å²) >= 11 is 0. The Balaban J connectivity index is 2.16. The first-order valence-corrected chi connectivity index (χ1v) is 4.98. The SMILES string of the molecule is CC1(C)CC(=O)/C(=C/c2ccco2)CO1. The summed E-state index contributed by atoms with van der Waals surface area (Å²) in [5.74, 6) is 0.837. The van der Waals surface area contributed by atoms with Crippen molar-refractivity contribution in [2.45, 2.75) is 25.9 Å². The van der Waals surface area contributed by atoms with E-state index in [4.69, 9.17) is 9.15 Å². The minimum atomic E-state index is -0.336. The van der Waals surface area contributed by atoms with Gasteiger partial charge in [-0.1, -0.05) is 0 Å². The van der Waals surface area contributed by atoms with Gasteiger partial charge in [0.05, 0.1) is 18.5 Å². The van der Waals surface area contributed by atoms with Gasteiger partial charge in [0.1, 0.15) is 5.76 Å². The third kappa shape index (κ3) is 2.36. The maximum absolute atomic E-state index is 11.7. The second-order valence-electron chi connectivity index (χ2n) is 4.33. The van der Waals surface area contributed by atoms with Crippen LogP contribution in [0.5, 0.6) is 0 Å². The molecule has 0 atom stereocenters. The molecule has 1 aliphatic rings. The summed E-state index contributed by atoms with van der Waals surface area (Å²) in [4.78, 5) is 11.7. The van der Waals surface area contributed by atoms with Gasteiger partial charge in [-0.05, 0) is 32.1 Å². The molecular weight excluding hydrogens is 192 g/mol. The molecule has 0 bridgehead atoms. The Morgan fingerprint density at radius 3 is 2.87 bits per heavy atom. The van der Waals surface area contributed by atoms with E-state index in [9.17, 15) is 4.79 Å². The molecule has 15 heavy (non-hydrogen) atoms. The molecular formula is C12H14O3. The molecule has 1 aliphatic heterocycles. The molecule has 0 unspecified atom stereocenters. The summed E-state index contributed by atoms with van der Waals surface area (Å²) < 4.78 is 10.7. The Hall–Kier alpha value is -1.35. The molecule has 3 nitrogen and oxygen atoms in total. The largest absolute Gasteiger partial charge is 0.465 e. The Morgan fingerprint density at radius 2 is 2.27 bits per heavy atom. The molecule has 0 radical (unpaired) electrons. The fourth-order valence-electron chi connectivity index (χ4n) is 1.57. The summed E-state index contributed by atoms with van der Waals surface area (Å²) in [7, 11) is 0. The van der Waals surface area contributed by atoms with Crippen LogP contribution in [0.25, 0.3) is 6.08 Å². The minimum absolute atomic E-state index is 0.141. The molecule has 0 N–H and O–H groups in total. The third-order valence-corrected chi connectivity index (χ3v) is 2.42. The van der Waals surface area contributed by atoms with Crippen LogP contribution in [0.1, 0.15) is 26.0 Å². The van der Waals surface area contributed by atoms with Crippen molar-refractivity contribution in [1.29, 1.82) is 0 Å². The van der Waals surface area contributed by atoms with Crippen molar-refractivity contribution in [2.24, 2.45) is 0 Å². The van der Waals surface area contributed by atoms with Crippen LogP contribution in [-0.4, -0.2) is 18.0 Å². The Bertz CT molecular complexity index is 385. The van der Waals surface area contributed by atoms with Crippen molar-refractivity contribution < 1.29 is 13.9 Å². The van der Waals surface area contributed by atoms with E-state index in [0.717, 1.165) is 0 Å². The quantitative estimate of drug-likeness (QED) is 0.662. The molecule has 2 rings (SSSR count).